The monoisotopic (exact) mass is 520 g/mol. The van der Waals surface area contributed by atoms with Gasteiger partial charge >= 0.3 is 6.03 Å². The molecule has 3 aliphatic rings. The van der Waals surface area contributed by atoms with E-state index in [1.165, 1.54) is 0 Å². The van der Waals surface area contributed by atoms with Gasteiger partial charge in [0.25, 0.3) is 5.91 Å². The van der Waals surface area contributed by atoms with Crippen LogP contribution in [0.2, 0.25) is 0 Å². The number of hydrogen-bond acceptors (Lipinski definition) is 4. The maximum atomic E-state index is 13.9. The second kappa shape index (κ2) is 9.71. The van der Waals surface area contributed by atoms with Gasteiger partial charge in [-0.3, -0.25) is 9.69 Å². The number of aromatic nitrogens is 1. The molecule has 2 saturated heterocycles. The van der Waals surface area contributed by atoms with Gasteiger partial charge in [-0.05, 0) is 69.2 Å². The van der Waals surface area contributed by atoms with Gasteiger partial charge in [0.1, 0.15) is 11.5 Å². The third-order valence-corrected chi connectivity index (χ3v) is 8.97. The van der Waals surface area contributed by atoms with Gasteiger partial charge in [-0.2, -0.15) is 0 Å². The van der Waals surface area contributed by atoms with Crippen molar-refractivity contribution in [2.45, 2.75) is 59.0 Å². The molecule has 2 aromatic rings. The molecule has 1 spiro atoms. The molecule has 3 aliphatic heterocycles. The number of nitrogens with zero attached hydrogens (tertiary/aromatic N) is 4. The van der Waals surface area contributed by atoms with Crippen LogP contribution in [0.1, 0.15) is 59.6 Å². The van der Waals surface area contributed by atoms with Gasteiger partial charge in [-0.25, -0.2) is 4.79 Å². The van der Waals surface area contributed by atoms with E-state index in [0.717, 1.165) is 64.5 Å². The number of fused-ring (bicyclic) bond motifs is 3. The summed E-state index contributed by atoms with van der Waals surface area (Å²) >= 11 is 0. The molecule has 1 unspecified atom stereocenters. The lowest BCUT2D eigenvalue weighted by atomic mass is 9.80. The van der Waals surface area contributed by atoms with Crippen LogP contribution in [-0.4, -0.2) is 70.6 Å². The number of allylic oxidation sites excluding steroid dienone is 1. The standard InChI is InChI=1S/C30H40N4O4/c1-8-34-29(36)33-18-22-16-23(37-6)17-26(38-7)25(22)13-19(2)14-27(33)30(34)9-11-32(12-10-30)28(35)24-15-20(3)31(5)21(24)4/h14-17,19H,8-13,18H2,1-7H3. The molecule has 1 aromatic carbocycles. The van der Waals surface area contributed by atoms with Crippen molar-refractivity contribution in [3.8, 4) is 11.5 Å². The number of carbonyl (C=O) groups excluding carboxylic acids is 2. The Kier molecular flexibility index (Phi) is 6.70. The van der Waals surface area contributed by atoms with Crippen LogP contribution < -0.4 is 9.47 Å². The molecular formula is C30H40N4O4. The first-order valence-electron chi connectivity index (χ1n) is 13.6. The molecule has 0 bridgehead atoms. The summed E-state index contributed by atoms with van der Waals surface area (Å²) in [5, 5.41) is 0. The molecule has 2 fully saturated rings. The molecule has 8 nitrogen and oxygen atoms in total. The first kappa shape index (κ1) is 26.2. The lowest BCUT2D eigenvalue weighted by molar-refractivity contribution is 0.0574. The Morgan fingerprint density at radius 3 is 2.39 bits per heavy atom. The number of hydrogen-bond donors (Lipinski definition) is 0. The van der Waals surface area contributed by atoms with Crippen LogP contribution in [0.4, 0.5) is 4.79 Å². The molecule has 0 radical (unpaired) electrons. The summed E-state index contributed by atoms with van der Waals surface area (Å²) in [7, 11) is 5.33. The van der Waals surface area contributed by atoms with Gasteiger partial charge < -0.3 is 23.8 Å². The molecule has 0 saturated carbocycles. The van der Waals surface area contributed by atoms with Gasteiger partial charge in [0.05, 0.1) is 31.9 Å². The zero-order valence-electron chi connectivity index (χ0n) is 23.8. The normalized spacial score (nSPS) is 20.6. The summed E-state index contributed by atoms with van der Waals surface area (Å²) in [5.41, 5.74) is 5.71. The van der Waals surface area contributed by atoms with Crippen molar-refractivity contribution in [2.24, 2.45) is 13.0 Å². The minimum Gasteiger partial charge on any atom is -0.497 e. The van der Waals surface area contributed by atoms with E-state index in [0.29, 0.717) is 26.2 Å². The minimum absolute atomic E-state index is 0.0369. The van der Waals surface area contributed by atoms with Crippen molar-refractivity contribution < 1.29 is 19.1 Å². The summed E-state index contributed by atoms with van der Waals surface area (Å²) in [6, 6.07) is 5.98. The average Bonchev–Trinajstić information content (AvgIpc) is 3.27. The van der Waals surface area contributed by atoms with E-state index in [1.807, 2.05) is 53.8 Å². The average molecular weight is 521 g/mol. The highest BCUT2D eigenvalue weighted by molar-refractivity contribution is 5.96. The largest absolute Gasteiger partial charge is 0.497 e. The van der Waals surface area contributed by atoms with Crippen molar-refractivity contribution >= 4 is 11.9 Å². The molecule has 0 N–H and O–H groups in total. The number of urea groups is 1. The van der Waals surface area contributed by atoms with Crippen molar-refractivity contribution in [3.05, 3.63) is 58.1 Å². The maximum Gasteiger partial charge on any atom is 0.325 e. The molecule has 204 valence electrons. The lowest BCUT2D eigenvalue weighted by Gasteiger charge is -2.44. The van der Waals surface area contributed by atoms with Gasteiger partial charge in [0, 0.05) is 49.8 Å². The van der Waals surface area contributed by atoms with E-state index >= 15 is 0 Å². The number of methoxy groups -OCH3 is 2. The fourth-order valence-electron chi connectivity index (χ4n) is 6.67. The number of rotatable bonds is 4. The lowest BCUT2D eigenvalue weighted by Crippen LogP contribution is -2.54. The van der Waals surface area contributed by atoms with Crippen LogP contribution in [0.5, 0.6) is 11.5 Å². The second-order valence-corrected chi connectivity index (χ2v) is 11.0. The highest BCUT2D eigenvalue weighted by atomic mass is 16.5. The summed E-state index contributed by atoms with van der Waals surface area (Å²) in [6.07, 6.45) is 4.58. The molecule has 38 heavy (non-hydrogen) atoms. The number of carbonyl (C=O) groups is 2. The Bertz CT molecular complexity index is 1300. The van der Waals surface area contributed by atoms with E-state index in [9.17, 15) is 9.59 Å². The van der Waals surface area contributed by atoms with Crippen LogP contribution in [0.3, 0.4) is 0 Å². The highest BCUT2D eigenvalue weighted by Gasteiger charge is 2.55. The number of likely N-dealkylation sites (N-methyl/N-ethyl adjacent to an activating group) is 1. The number of amides is 3. The van der Waals surface area contributed by atoms with Crippen LogP contribution in [0.15, 0.2) is 30.0 Å². The number of piperidine rings is 1. The van der Waals surface area contributed by atoms with Crippen LogP contribution >= 0.6 is 0 Å². The van der Waals surface area contributed by atoms with Gasteiger partial charge in [0.2, 0.25) is 0 Å². The molecule has 1 aromatic heterocycles. The highest BCUT2D eigenvalue weighted by Crippen LogP contribution is 2.47. The van der Waals surface area contributed by atoms with Crippen LogP contribution in [0.25, 0.3) is 0 Å². The van der Waals surface area contributed by atoms with E-state index in [4.69, 9.17) is 9.47 Å². The van der Waals surface area contributed by atoms with Crippen molar-refractivity contribution in [2.75, 3.05) is 33.9 Å². The van der Waals surface area contributed by atoms with Gasteiger partial charge in [-0.1, -0.05) is 13.0 Å². The number of ether oxygens (including phenoxy) is 2. The Balaban J connectivity index is 1.48. The second-order valence-electron chi connectivity index (χ2n) is 11.0. The quantitative estimate of drug-likeness (QED) is 0.588. The van der Waals surface area contributed by atoms with Crippen molar-refractivity contribution in [3.63, 3.8) is 0 Å². The molecule has 5 rings (SSSR count). The van der Waals surface area contributed by atoms with Gasteiger partial charge in [-0.15, -0.1) is 0 Å². The first-order chi connectivity index (χ1) is 18.1. The summed E-state index contributed by atoms with van der Waals surface area (Å²) in [4.78, 5) is 33.4. The Labute approximate surface area is 225 Å². The van der Waals surface area contributed by atoms with Crippen molar-refractivity contribution in [1.82, 2.24) is 19.3 Å². The van der Waals surface area contributed by atoms with E-state index in [1.54, 1.807) is 14.2 Å². The zero-order chi connectivity index (χ0) is 27.4. The molecule has 0 aliphatic carbocycles. The third kappa shape index (κ3) is 3.96. The Morgan fingerprint density at radius 1 is 1.11 bits per heavy atom. The molecule has 8 heteroatoms. The molecule has 4 heterocycles. The fourth-order valence-corrected chi connectivity index (χ4v) is 6.67. The topological polar surface area (TPSA) is 67.2 Å². The zero-order valence-corrected chi connectivity index (χ0v) is 23.8. The summed E-state index contributed by atoms with van der Waals surface area (Å²) < 4.78 is 13.3. The maximum absolute atomic E-state index is 13.9. The fraction of sp³-hybridized carbons (Fsp3) is 0.533. The predicted octanol–water partition coefficient (Wildman–Crippen LogP) is 4.67. The Morgan fingerprint density at radius 2 is 1.82 bits per heavy atom. The van der Waals surface area contributed by atoms with Gasteiger partial charge in [0.15, 0.2) is 0 Å². The first-order valence-corrected chi connectivity index (χ1v) is 13.6. The molecular weight excluding hydrogens is 480 g/mol. The number of likely N-dealkylation sites (tertiary alicyclic amines) is 1. The van der Waals surface area contributed by atoms with E-state index in [2.05, 4.69) is 24.5 Å². The third-order valence-electron chi connectivity index (χ3n) is 8.97. The predicted molar refractivity (Wildman–Crippen MR) is 147 cm³/mol. The SMILES string of the molecule is CCN1C(=O)N2Cc3cc(OC)cc(OC)c3CC(C)C=C2C12CCN(C(=O)c1cc(C)n(C)c1C)CC2. The Hall–Kier alpha value is -3.42. The minimum atomic E-state index is -0.404. The molecule has 3 amide bonds. The smallest absolute Gasteiger partial charge is 0.325 e. The molecule has 1 atom stereocenters. The van der Waals surface area contributed by atoms with E-state index < -0.39 is 5.54 Å². The van der Waals surface area contributed by atoms with Crippen molar-refractivity contribution in [1.29, 1.82) is 0 Å². The van der Waals surface area contributed by atoms with Crippen LogP contribution in [0, 0.1) is 19.8 Å². The summed E-state index contributed by atoms with van der Waals surface area (Å²) in [5.74, 6) is 1.82. The number of aryl methyl sites for hydroxylation is 1. The van der Waals surface area contributed by atoms with Crippen LogP contribution in [-0.2, 0) is 20.0 Å². The number of benzene rings is 1. The van der Waals surface area contributed by atoms with E-state index in [-0.39, 0.29) is 17.9 Å². The summed E-state index contributed by atoms with van der Waals surface area (Å²) in [6.45, 7) is 10.6.